The molecule has 30 heavy (non-hydrogen) atoms. The minimum atomic E-state index is -2.96. The van der Waals surface area contributed by atoms with E-state index in [4.69, 9.17) is 28.9 Å². The lowest BCUT2D eigenvalue weighted by atomic mass is 10.1. The molecule has 1 aromatic heterocycles. The van der Waals surface area contributed by atoms with Crippen LogP contribution in [0.4, 0.5) is 0 Å². The first-order valence-electron chi connectivity index (χ1n) is 9.67. The zero-order chi connectivity index (χ0) is 21.5. The molecule has 1 atom stereocenters. The van der Waals surface area contributed by atoms with E-state index in [0.717, 1.165) is 22.6 Å². The molecule has 1 aliphatic rings. The van der Waals surface area contributed by atoms with Crippen molar-refractivity contribution in [2.24, 2.45) is 0 Å². The van der Waals surface area contributed by atoms with Gasteiger partial charge in [0.1, 0.15) is 0 Å². The molecule has 3 aromatic rings. The van der Waals surface area contributed by atoms with Crippen LogP contribution in [0.25, 0.3) is 17.1 Å². The molecule has 1 aliphatic heterocycles. The maximum Gasteiger partial charge on any atom is 0.204 e. The van der Waals surface area contributed by atoms with Crippen molar-refractivity contribution < 1.29 is 8.42 Å². The monoisotopic (exact) mass is 462 g/mol. The fourth-order valence-corrected chi connectivity index (χ4v) is 5.88. The molecule has 0 N–H and O–H groups in total. The van der Waals surface area contributed by atoms with Crippen LogP contribution in [-0.2, 0) is 16.5 Å². The first-order valence-corrected chi connectivity index (χ1v) is 12.3. The minimum absolute atomic E-state index is 0.0274. The van der Waals surface area contributed by atoms with Gasteiger partial charge in [0, 0.05) is 16.6 Å². The lowest BCUT2D eigenvalue weighted by Gasteiger charge is -2.22. The maximum absolute atomic E-state index is 11.9. The Kier molecular flexibility index (Phi) is 5.85. The van der Waals surface area contributed by atoms with Crippen LogP contribution in [-0.4, -0.2) is 52.3 Å². The van der Waals surface area contributed by atoms with Crippen LogP contribution >= 0.6 is 23.8 Å². The van der Waals surface area contributed by atoms with Gasteiger partial charge in [-0.3, -0.25) is 9.47 Å². The molecule has 1 fully saturated rings. The number of hydrogen-bond donors (Lipinski definition) is 0. The number of sulfone groups is 1. The number of rotatable bonds is 5. The zero-order valence-electron chi connectivity index (χ0n) is 16.8. The van der Waals surface area contributed by atoms with E-state index in [0.29, 0.717) is 22.9 Å². The Labute approximate surface area is 186 Å². The van der Waals surface area contributed by atoms with Crippen LogP contribution in [0.15, 0.2) is 48.5 Å². The Morgan fingerprint density at radius 2 is 1.83 bits per heavy atom. The highest BCUT2D eigenvalue weighted by Crippen LogP contribution is 2.25. The lowest BCUT2D eigenvalue weighted by molar-refractivity contribution is 0.196. The summed E-state index contributed by atoms with van der Waals surface area (Å²) in [7, 11) is -1.04. The van der Waals surface area contributed by atoms with Gasteiger partial charge in [-0.2, -0.15) is 0 Å². The molecule has 0 saturated carbocycles. The number of nitrogens with zero attached hydrogens (tertiary/aromatic N) is 4. The molecule has 158 valence electrons. The summed E-state index contributed by atoms with van der Waals surface area (Å²) in [6.07, 6.45) is 0.634. The van der Waals surface area contributed by atoms with Gasteiger partial charge in [0.25, 0.3) is 0 Å². The summed E-state index contributed by atoms with van der Waals surface area (Å²) >= 11 is 11.8. The van der Waals surface area contributed by atoms with Gasteiger partial charge in [0.15, 0.2) is 15.7 Å². The molecule has 1 saturated heterocycles. The first kappa shape index (κ1) is 21.2. The maximum atomic E-state index is 11.9. The van der Waals surface area contributed by atoms with E-state index in [1.54, 1.807) is 4.68 Å². The summed E-state index contributed by atoms with van der Waals surface area (Å²) in [5.74, 6) is 1.15. The van der Waals surface area contributed by atoms with Gasteiger partial charge in [-0.15, -0.1) is 5.10 Å². The van der Waals surface area contributed by atoms with Crippen LogP contribution in [0.3, 0.4) is 0 Å². The van der Waals surface area contributed by atoms with Gasteiger partial charge in [-0.05, 0) is 56.9 Å². The fourth-order valence-electron chi connectivity index (χ4n) is 3.66. The van der Waals surface area contributed by atoms with Gasteiger partial charge in [-0.25, -0.2) is 13.1 Å². The van der Waals surface area contributed by atoms with Crippen LogP contribution in [0.1, 0.15) is 12.0 Å². The van der Waals surface area contributed by atoms with Crippen LogP contribution < -0.4 is 0 Å². The smallest absolute Gasteiger partial charge is 0.204 e. The van der Waals surface area contributed by atoms with Crippen molar-refractivity contribution in [1.29, 1.82) is 0 Å². The van der Waals surface area contributed by atoms with Crippen molar-refractivity contribution >= 4 is 33.7 Å². The Balaban J connectivity index is 1.75. The molecule has 6 nitrogen and oxygen atoms in total. The molecule has 0 amide bonds. The highest BCUT2D eigenvalue weighted by Gasteiger charge is 2.31. The summed E-state index contributed by atoms with van der Waals surface area (Å²) in [6.45, 7) is 2.46. The normalized spacial score (nSPS) is 18.2. The van der Waals surface area contributed by atoms with Gasteiger partial charge >= 0.3 is 0 Å². The molecule has 0 radical (unpaired) electrons. The average Bonchev–Trinajstić information content (AvgIpc) is 3.23. The summed E-state index contributed by atoms with van der Waals surface area (Å²) < 4.78 is 27.9. The van der Waals surface area contributed by atoms with Crippen molar-refractivity contribution in [1.82, 2.24) is 19.2 Å². The quantitative estimate of drug-likeness (QED) is 0.534. The van der Waals surface area contributed by atoms with Gasteiger partial charge < -0.3 is 0 Å². The van der Waals surface area contributed by atoms with Crippen LogP contribution in [0.5, 0.6) is 0 Å². The Morgan fingerprint density at radius 1 is 1.17 bits per heavy atom. The van der Waals surface area contributed by atoms with Crippen molar-refractivity contribution in [3.8, 4) is 17.1 Å². The highest BCUT2D eigenvalue weighted by molar-refractivity contribution is 7.91. The molecule has 2 aromatic carbocycles. The molecule has 0 unspecified atom stereocenters. The molecule has 0 aliphatic carbocycles. The standard InChI is InChI=1S/C21H23ClN4O2S2/c1-15-3-5-16(6-4-15)20-23-25(14-24(2)19-11-12-30(27,28)13-19)21(29)26(20)18-9-7-17(22)8-10-18/h3-10,19H,11-14H2,1-2H3/t19-/m1/s1. The number of halogens is 1. The number of hydrogen-bond acceptors (Lipinski definition) is 5. The average molecular weight is 463 g/mol. The minimum Gasteiger partial charge on any atom is -0.283 e. The van der Waals surface area contributed by atoms with Crippen LogP contribution in [0.2, 0.25) is 5.02 Å². The number of benzene rings is 2. The van der Waals surface area contributed by atoms with E-state index in [2.05, 4.69) is 0 Å². The molecule has 0 spiro atoms. The zero-order valence-corrected chi connectivity index (χ0v) is 19.2. The van der Waals surface area contributed by atoms with Gasteiger partial charge in [-0.1, -0.05) is 41.4 Å². The van der Waals surface area contributed by atoms with Crippen molar-refractivity contribution in [2.75, 3.05) is 18.6 Å². The highest BCUT2D eigenvalue weighted by atomic mass is 35.5. The third kappa shape index (κ3) is 4.37. The van der Waals surface area contributed by atoms with Crippen molar-refractivity contribution in [2.45, 2.75) is 26.1 Å². The lowest BCUT2D eigenvalue weighted by Crippen LogP contribution is -2.34. The fraction of sp³-hybridized carbons (Fsp3) is 0.333. The molecule has 0 bridgehead atoms. The van der Waals surface area contributed by atoms with Crippen LogP contribution in [0, 0.1) is 11.7 Å². The third-order valence-electron chi connectivity index (χ3n) is 5.42. The van der Waals surface area contributed by atoms with E-state index in [1.807, 2.05) is 72.0 Å². The molecule has 2 heterocycles. The Morgan fingerprint density at radius 3 is 2.43 bits per heavy atom. The summed E-state index contributed by atoms with van der Waals surface area (Å²) in [5.41, 5.74) is 2.99. The molecule has 4 rings (SSSR count). The third-order valence-corrected chi connectivity index (χ3v) is 7.82. The van der Waals surface area contributed by atoms with E-state index < -0.39 is 9.84 Å². The van der Waals surface area contributed by atoms with Crippen molar-refractivity contribution in [3.05, 3.63) is 63.9 Å². The number of aromatic nitrogens is 3. The van der Waals surface area contributed by atoms with Gasteiger partial charge in [0.2, 0.25) is 4.77 Å². The summed E-state index contributed by atoms with van der Waals surface area (Å²) in [6, 6.07) is 15.6. The van der Waals surface area contributed by atoms with Crippen molar-refractivity contribution in [3.63, 3.8) is 0 Å². The molecular formula is C21H23ClN4O2S2. The summed E-state index contributed by atoms with van der Waals surface area (Å²) in [4.78, 5) is 2.01. The van der Waals surface area contributed by atoms with E-state index in [-0.39, 0.29) is 17.5 Å². The molecule has 9 heteroatoms. The second kappa shape index (κ2) is 8.26. The predicted molar refractivity (Wildman–Crippen MR) is 122 cm³/mol. The number of aryl methyl sites for hydroxylation is 1. The second-order valence-electron chi connectivity index (χ2n) is 7.74. The SMILES string of the molecule is Cc1ccc(-c2nn(CN(C)[C@@H]3CCS(=O)(=O)C3)c(=S)n2-c2ccc(Cl)cc2)cc1. The molecular weight excluding hydrogens is 440 g/mol. The second-order valence-corrected chi connectivity index (χ2v) is 10.8. The first-order chi connectivity index (χ1) is 14.2. The topological polar surface area (TPSA) is 60.1 Å². The summed E-state index contributed by atoms with van der Waals surface area (Å²) in [5, 5.41) is 5.46. The van der Waals surface area contributed by atoms with Gasteiger partial charge in [0.05, 0.1) is 23.9 Å². The predicted octanol–water partition coefficient (Wildman–Crippen LogP) is 4.11. The largest absolute Gasteiger partial charge is 0.283 e. The Bertz CT molecular complexity index is 1220. The van der Waals surface area contributed by atoms with E-state index >= 15 is 0 Å². The van der Waals surface area contributed by atoms with E-state index in [9.17, 15) is 8.42 Å². The Hall–Kier alpha value is -2.00. The van der Waals surface area contributed by atoms with E-state index in [1.165, 1.54) is 0 Å².